The zero-order valence-electron chi connectivity index (χ0n) is 18.2. The summed E-state index contributed by atoms with van der Waals surface area (Å²) in [5.74, 6) is 0.288. The number of fused-ring (bicyclic) bond motifs is 1. The zero-order chi connectivity index (χ0) is 22.3. The quantitative estimate of drug-likeness (QED) is 0.598. The van der Waals surface area contributed by atoms with E-state index >= 15 is 0 Å². The number of hydrogen-bond donors (Lipinski definition) is 0. The Hall–Kier alpha value is -2.29. The Morgan fingerprint density at radius 2 is 1.71 bits per heavy atom. The van der Waals surface area contributed by atoms with E-state index in [9.17, 15) is 13.2 Å². The Labute approximate surface area is 186 Å². The van der Waals surface area contributed by atoms with Crippen molar-refractivity contribution in [1.82, 2.24) is 8.87 Å². The van der Waals surface area contributed by atoms with Crippen molar-refractivity contribution in [3.63, 3.8) is 0 Å². The molecule has 3 aromatic rings. The number of carbonyl (C=O) groups is 1. The van der Waals surface area contributed by atoms with Crippen molar-refractivity contribution in [3.05, 3.63) is 58.4 Å². The van der Waals surface area contributed by atoms with Crippen molar-refractivity contribution in [1.29, 1.82) is 0 Å². The van der Waals surface area contributed by atoms with Crippen molar-refractivity contribution in [3.8, 4) is 0 Å². The SMILES string of the molecule is Cc1ccc2c(c1)sc(=NC(=O)c1ccc(S(=O)(=O)N3C[C@H](C)C[C@H](C)C3)cc1)n2C. The molecular weight excluding hydrogens is 430 g/mol. The number of piperidine rings is 1. The molecule has 0 unspecified atom stereocenters. The first-order valence-corrected chi connectivity index (χ1v) is 12.7. The summed E-state index contributed by atoms with van der Waals surface area (Å²) in [4.78, 5) is 17.8. The molecule has 8 heteroatoms. The van der Waals surface area contributed by atoms with Crippen LogP contribution in [0.5, 0.6) is 0 Å². The summed E-state index contributed by atoms with van der Waals surface area (Å²) in [7, 11) is -1.68. The number of aromatic nitrogens is 1. The van der Waals surface area contributed by atoms with E-state index in [2.05, 4.69) is 24.9 Å². The largest absolute Gasteiger partial charge is 0.319 e. The molecule has 0 spiro atoms. The fourth-order valence-corrected chi connectivity index (χ4v) is 7.01. The molecule has 1 aliphatic rings. The molecule has 1 aromatic heterocycles. The number of amides is 1. The summed E-state index contributed by atoms with van der Waals surface area (Å²) in [5, 5.41) is 0. The molecule has 0 N–H and O–H groups in total. The average molecular weight is 458 g/mol. The van der Waals surface area contributed by atoms with Gasteiger partial charge in [-0.1, -0.05) is 31.3 Å². The lowest BCUT2D eigenvalue weighted by Crippen LogP contribution is -2.42. The van der Waals surface area contributed by atoms with Gasteiger partial charge in [0.15, 0.2) is 4.80 Å². The van der Waals surface area contributed by atoms with Crippen LogP contribution in [0.25, 0.3) is 10.2 Å². The van der Waals surface area contributed by atoms with Crippen LogP contribution >= 0.6 is 11.3 Å². The first kappa shape index (κ1) is 21.9. The van der Waals surface area contributed by atoms with Crippen molar-refractivity contribution in [2.45, 2.75) is 32.1 Å². The molecular formula is C23H27N3O3S2. The van der Waals surface area contributed by atoms with Crippen LogP contribution in [0.2, 0.25) is 0 Å². The van der Waals surface area contributed by atoms with Crippen LogP contribution in [0.15, 0.2) is 52.4 Å². The molecule has 1 fully saturated rings. The summed E-state index contributed by atoms with van der Waals surface area (Å²) in [5.41, 5.74) is 2.54. The van der Waals surface area contributed by atoms with Crippen LogP contribution < -0.4 is 4.80 Å². The van der Waals surface area contributed by atoms with Crippen LogP contribution in [0.1, 0.15) is 36.2 Å². The van der Waals surface area contributed by atoms with Crippen molar-refractivity contribution >= 4 is 37.5 Å². The number of carbonyl (C=O) groups excluding carboxylic acids is 1. The molecule has 1 saturated heterocycles. The van der Waals surface area contributed by atoms with Crippen molar-refractivity contribution in [2.75, 3.05) is 13.1 Å². The highest BCUT2D eigenvalue weighted by atomic mass is 32.2. The highest BCUT2D eigenvalue weighted by Crippen LogP contribution is 2.27. The lowest BCUT2D eigenvalue weighted by atomic mass is 9.94. The number of nitrogens with zero attached hydrogens (tertiary/aromatic N) is 3. The molecule has 2 atom stereocenters. The van der Waals surface area contributed by atoms with Gasteiger partial charge >= 0.3 is 0 Å². The van der Waals surface area contributed by atoms with Gasteiger partial charge in [-0.25, -0.2) is 8.42 Å². The third kappa shape index (κ3) is 4.37. The second kappa shape index (κ2) is 8.33. The van der Waals surface area contributed by atoms with E-state index in [1.165, 1.54) is 23.5 Å². The van der Waals surface area contributed by atoms with Gasteiger partial charge in [0.2, 0.25) is 10.0 Å². The minimum atomic E-state index is -3.57. The predicted octanol–water partition coefficient (Wildman–Crippen LogP) is 3.96. The Balaban J connectivity index is 1.60. The lowest BCUT2D eigenvalue weighted by Gasteiger charge is -2.34. The van der Waals surface area contributed by atoms with Gasteiger partial charge in [0.25, 0.3) is 5.91 Å². The number of aryl methyl sites for hydroxylation is 2. The molecule has 1 amide bonds. The van der Waals surface area contributed by atoms with Gasteiger partial charge in [-0.05, 0) is 67.1 Å². The zero-order valence-corrected chi connectivity index (χ0v) is 19.8. The second-order valence-corrected chi connectivity index (χ2v) is 11.6. The molecule has 6 nitrogen and oxygen atoms in total. The summed E-state index contributed by atoms with van der Waals surface area (Å²) in [6, 6.07) is 12.2. The van der Waals surface area contributed by atoms with Crippen LogP contribution in [0.4, 0.5) is 0 Å². The van der Waals surface area contributed by atoms with Crippen LogP contribution in [0.3, 0.4) is 0 Å². The van der Waals surface area contributed by atoms with Crippen LogP contribution in [-0.4, -0.2) is 36.3 Å². The molecule has 4 rings (SSSR count). The van der Waals surface area contributed by atoms with Gasteiger partial charge in [-0.2, -0.15) is 9.30 Å². The van der Waals surface area contributed by atoms with E-state index in [4.69, 9.17) is 0 Å². The molecule has 31 heavy (non-hydrogen) atoms. The van der Waals surface area contributed by atoms with E-state index in [0.717, 1.165) is 22.2 Å². The Kier molecular flexibility index (Phi) is 5.89. The standard InChI is InChI=1S/C23H27N3O3S2/c1-15-5-10-20-21(12-15)30-23(25(20)4)24-22(27)18-6-8-19(9-7-18)31(28,29)26-13-16(2)11-17(3)14-26/h5-10,12,16-17H,11,13-14H2,1-4H3/t16-,17+. The molecule has 0 radical (unpaired) electrons. The van der Waals surface area contributed by atoms with Crippen LogP contribution in [0, 0.1) is 18.8 Å². The maximum absolute atomic E-state index is 13.0. The fourth-order valence-electron chi connectivity index (χ4n) is 4.22. The first-order valence-electron chi connectivity index (χ1n) is 10.4. The Bertz CT molecular complexity index is 1290. The second-order valence-electron chi connectivity index (χ2n) is 8.62. The maximum Gasteiger partial charge on any atom is 0.279 e. The lowest BCUT2D eigenvalue weighted by molar-refractivity contribution is 0.0998. The molecule has 2 aromatic carbocycles. The first-order chi connectivity index (χ1) is 14.6. The minimum absolute atomic E-state index is 0.216. The molecule has 0 aliphatic carbocycles. The number of thiazole rings is 1. The Morgan fingerprint density at radius 3 is 2.35 bits per heavy atom. The number of sulfonamides is 1. The Morgan fingerprint density at radius 1 is 1.06 bits per heavy atom. The fraction of sp³-hybridized carbons (Fsp3) is 0.391. The highest BCUT2D eigenvalue weighted by molar-refractivity contribution is 7.89. The molecule has 1 aliphatic heterocycles. The van der Waals surface area contributed by atoms with Gasteiger partial charge in [0, 0.05) is 25.7 Å². The van der Waals surface area contributed by atoms with E-state index in [1.807, 2.05) is 30.7 Å². The van der Waals surface area contributed by atoms with E-state index < -0.39 is 10.0 Å². The van der Waals surface area contributed by atoms with Crippen molar-refractivity contribution in [2.24, 2.45) is 23.9 Å². The van der Waals surface area contributed by atoms with Crippen molar-refractivity contribution < 1.29 is 13.2 Å². The summed E-state index contributed by atoms with van der Waals surface area (Å²) >= 11 is 1.46. The highest BCUT2D eigenvalue weighted by Gasteiger charge is 2.31. The normalized spacial score (nSPS) is 21.0. The summed E-state index contributed by atoms with van der Waals surface area (Å²) in [6.07, 6.45) is 1.04. The third-order valence-corrected chi connectivity index (χ3v) is 8.68. The molecule has 0 bridgehead atoms. The van der Waals surface area contributed by atoms with E-state index in [0.29, 0.717) is 35.3 Å². The van der Waals surface area contributed by atoms with E-state index in [1.54, 1.807) is 16.4 Å². The number of rotatable bonds is 3. The third-order valence-electron chi connectivity index (χ3n) is 5.74. The van der Waals surface area contributed by atoms with Gasteiger partial charge in [-0.15, -0.1) is 0 Å². The van der Waals surface area contributed by atoms with Gasteiger partial charge in [-0.3, -0.25) is 4.79 Å². The topological polar surface area (TPSA) is 71.7 Å². The predicted molar refractivity (Wildman–Crippen MR) is 124 cm³/mol. The summed E-state index contributed by atoms with van der Waals surface area (Å²) in [6.45, 7) is 7.25. The summed E-state index contributed by atoms with van der Waals surface area (Å²) < 4.78 is 30.6. The molecule has 164 valence electrons. The monoisotopic (exact) mass is 457 g/mol. The van der Waals surface area contributed by atoms with Gasteiger partial charge in [0.1, 0.15) is 0 Å². The maximum atomic E-state index is 13.0. The van der Waals surface area contributed by atoms with E-state index in [-0.39, 0.29) is 10.8 Å². The number of benzene rings is 2. The number of hydrogen-bond acceptors (Lipinski definition) is 4. The van der Waals surface area contributed by atoms with Gasteiger partial charge < -0.3 is 4.57 Å². The van der Waals surface area contributed by atoms with Gasteiger partial charge in [0.05, 0.1) is 15.1 Å². The molecule has 0 saturated carbocycles. The minimum Gasteiger partial charge on any atom is -0.319 e. The average Bonchev–Trinajstić information content (AvgIpc) is 3.01. The smallest absolute Gasteiger partial charge is 0.279 e. The molecule has 2 heterocycles. The van der Waals surface area contributed by atoms with Crippen LogP contribution in [-0.2, 0) is 17.1 Å².